The minimum atomic E-state index is -4.65. The summed E-state index contributed by atoms with van der Waals surface area (Å²) >= 11 is 0. The fourth-order valence-electron chi connectivity index (χ4n) is 1.95. The van der Waals surface area contributed by atoms with Gasteiger partial charge in [0.15, 0.2) is 5.75 Å². The van der Waals surface area contributed by atoms with Gasteiger partial charge in [0, 0.05) is 6.54 Å². The van der Waals surface area contributed by atoms with Crippen molar-refractivity contribution < 1.29 is 17.9 Å². The highest BCUT2D eigenvalue weighted by atomic mass is 19.4. The molecule has 0 amide bonds. The van der Waals surface area contributed by atoms with Crippen molar-refractivity contribution in [1.29, 1.82) is 0 Å². The molecule has 0 fully saturated rings. The third-order valence-electron chi connectivity index (χ3n) is 2.96. The van der Waals surface area contributed by atoms with Crippen LogP contribution >= 0.6 is 0 Å². The van der Waals surface area contributed by atoms with Gasteiger partial charge in [0.05, 0.1) is 5.69 Å². The maximum atomic E-state index is 12.2. The standard InChI is InChI=1S/C15H22F3NO/c1-2-3-4-5-6-9-12-19-13-10-7-8-11-14(13)20-15(16,17)18/h7-8,10-11,19H,2-6,9,12H2,1H3. The summed E-state index contributed by atoms with van der Waals surface area (Å²) in [7, 11) is 0. The van der Waals surface area contributed by atoms with E-state index in [-0.39, 0.29) is 5.75 Å². The van der Waals surface area contributed by atoms with E-state index >= 15 is 0 Å². The smallest absolute Gasteiger partial charge is 0.404 e. The van der Waals surface area contributed by atoms with Gasteiger partial charge in [-0.1, -0.05) is 51.2 Å². The molecule has 1 aromatic rings. The maximum Gasteiger partial charge on any atom is 0.573 e. The molecule has 0 unspecified atom stereocenters. The van der Waals surface area contributed by atoms with Gasteiger partial charge in [-0.25, -0.2) is 0 Å². The van der Waals surface area contributed by atoms with Gasteiger partial charge in [0.2, 0.25) is 0 Å². The number of benzene rings is 1. The number of hydrogen-bond donors (Lipinski definition) is 1. The van der Waals surface area contributed by atoms with Crippen LogP contribution in [0.1, 0.15) is 45.4 Å². The highest BCUT2D eigenvalue weighted by Crippen LogP contribution is 2.29. The van der Waals surface area contributed by atoms with Crippen LogP contribution < -0.4 is 10.1 Å². The van der Waals surface area contributed by atoms with E-state index < -0.39 is 6.36 Å². The molecule has 1 N–H and O–H groups in total. The Hall–Kier alpha value is -1.39. The van der Waals surface area contributed by atoms with E-state index in [1.165, 1.54) is 37.8 Å². The van der Waals surface area contributed by atoms with Crippen LogP contribution in [0.2, 0.25) is 0 Å². The minimum absolute atomic E-state index is 0.175. The molecule has 1 rings (SSSR count). The number of nitrogens with one attached hydrogen (secondary N) is 1. The number of unbranched alkanes of at least 4 members (excludes halogenated alkanes) is 5. The number of anilines is 1. The average molecular weight is 289 g/mol. The molecule has 0 bridgehead atoms. The summed E-state index contributed by atoms with van der Waals surface area (Å²) < 4.78 is 40.7. The topological polar surface area (TPSA) is 21.3 Å². The van der Waals surface area contributed by atoms with Crippen LogP contribution in [0.5, 0.6) is 5.75 Å². The van der Waals surface area contributed by atoms with Crippen LogP contribution in [0, 0.1) is 0 Å². The van der Waals surface area contributed by atoms with E-state index in [4.69, 9.17) is 0 Å². The van der Waals surface area contributed by atoms with Crippen molar-refractivity contribution >= 4 is 5.69 Å². The van der Waals surface area contributed by atoms with E-state index in [9.17, 15) is 13.2 Å². The number of ether oxygens (including phenoxy) is 1. The first-order valence-electron chi connectivity index (χ1n) is 7.11. The number of halogens is 3. The maximum absolute atomic E-state index is 12.2. The van der Waals surface area contributed by atoms with Crippen LogP contribution in [0.25, 0.3) is 0 Å². The predicted molar refractivity (Wildman–Crippen MR) is 75.0 cm³/mol. The summed E-state index contributed by atoms with van der Waals surface area (Å²) in [6, 6.07) is 6.12. The first-order chi connectivity index (χ1) is 9.53. The normalized spacial score (nSPS) is 11.4. The summed E-state index contributed by atoms with van der Waals surface area (Å²) in [5.41, 5.74) is 0.387. The fourth-order valence-corrected chi connectivity index (χ4v) is 1.95. The molecule has 0 aliphatic heterocycles. The Kier molecular flexibility index (Phi) is 7.26. The Morgan fingerprint density at radius 1 is 1.00 bits per heavy atom. The van der Waals surface area contributed by atoms with Crippen LogP contribution in [0.15, 0.2) is 24.3 Å². The Balaban J connectivity index is 2.33. The summed E-state index contributed by atoms with van der Waals surface area (Å²) in [6.07, 6.45) is 2.24. The second kappa shape index (κ2) is 8.72. The quantitative estimate of drug-likeness (QED) is 0.618. The summed E-state index contributed by atoms with van der Waals surface area (Å²) in [5, 5.41) is 3.00. The predicted octanol–water partition coefficient (Wildman–Crippen LogP) is 5.36. The largest absolute Gasteiger partial charge is 0.573 e. The number of alkyl halides is 3. The van der Waals surface area contributed by atoms with Gasteiger partial charge in [0.1, 0.15) is 0 Å². The number of hydrogen-bond acceptors (Lipinski definition) is 2. The second-order valence-corrected chi connectivity index (χ2v) is 4.74. The molecule has 114 valence electrons. The van der Waals surface area contributed by atoms with Crippen molar-refractivity contribution in [2.45, 2.75) is 51.8 Å². The van der Waals surface area contributed by atoms with Gasteiger partial charge in [-0.05, 0) is 18.6 Å². The zero-order valence-electron chi connectivity index (χ0n) is 11.8. The van der Waals surface area contributed by atoms with Crippen LogP contribution in [-0.2, 0) is 0 Å². The minimum Gasteiger partial charge on any atom is -0.404 e. The SMILES string of the molecule is CCCCCCCCNc1ccccc1OC(F)(F)F. The van der Waals surface area contributed by atoms with Crippen molar-refractivity contribution in [3.63, 3.8) is 0 Å². The van der Waals surface area contributed by atoms with E-state index in [2.05, 4.69) is 17.0 Å². The number of para-hydroxylation sites is 2. The lowest BCUT2D eigenvalue weighted by Crippen LogP contribution is -2.18. The number of rotatable bonds is 9. The van der Waals surface area contributed by atoms with Gasteiger partial charge in [-0.15, -0.1) is 13.2 Å². The molecular formula is C15H22F3NO. The van der Waals surface area contributed by atoms with Crippen LogP contribution in [0.3, 0.4) is 0 Å². The van der Waals surface area contributed by atoms with Crippen molar-refractivity contribution in [2.24, 2.45) is 0 Å². The van der Waals surface area contributed by atoms with Crippen molar-refractivity contribution in [1.82, 2.24) is 0 Å². The zero-order chi connectivity index (χ0) is 14.8. The molecule has 0 spiro atoms. The summed E-state index contributed by atoms with van der Waals surface area (Å²) in [5.74, 6) is -0.175. The molecule has 20 heavy (non-hydrogen) atoms. The van der Waals surface area contributed by atoms with Crippen LogP contribution in [-0.4, -0.2) is 12.9 Å². The van der Waals surface area contributed by atoms with Crippen molar-refractivity contribution in [3.8, 4) is 5.75 Å². The molecular weight excluding hydrogens is 267 g/mol. The molecule has 2 nitrogen and oxygen atoms in total. The van der Waals surface area contributed by atoms with Gasteiger partial charge in [-0.3, -0.25) is 0 Å². The highest BCUT2D eigenvalue weighted by Gasteiger charge is 2.31. The molecule has 0 aliphatic rings. The Labute approximate surface area is 118 Å². The first-order valence-corrected chi connectivity index (χ1v) is 7.11. The monoisotopic (exact) mass is 289 g/mol. The van der Waals surface area contributed by atoms with E-state index in [0.29, 0.717) is 12.2 Å². The molecule has 0 radical (unpaired) electrons. The third-order valence-corrected chi connectivity index (χ3v) is 2.96. The van der Waals surface area contributed by atoms with Crippen molar-refractivity contribution in [2.75, 3.05) is 11.9 Å². The fraction of sp³-hybridized carbons (Fsp3) is 0.600. The average Bonchev–Trinajstić information content (AvgIpc) is 2.38. The molecule has 0 aromatic heterocycles. The van der Waals surface area contributed by atoms with Gasteiger partial charge >= 0.3 is 6.36 Å². The molecule has 5 heteroatoms. The van der Waals surface area contributed by atoms with E-state index in [0.717, 1.165) is 12.8 Å². The van der Waals surface area contributed by atoms with Crippen LogP contribution in [0.4, 0.5) is 18.9 Å². The molecule has 0 heterocycles. The second-order valence-electron chi connectivity index (χ2n) is 4.74. The zero-order valence-corrected chi connectivity index (χ0v) is 11.8. The Bertz CT molecular complexity index is 380. The Morgan fingerprint density at radius 3 is 2.35 bits per heavy atom. The lowest BCUT2D eigenvalue weighted by molar-refractivity contribution is -0.274. The first kappa shape index (κ1) is 16.7. The lowest BCUT2D eigenvalue weighted by atomic mass is 10.1. The summed E-state index contributed by atoms with van der Waals surface area (Å²) in [6.45, 7) is 2.82. The molecule has 0 saturated heterocycles. The Morgan fingerprint density at radius 2 is 1.65 bits per heavy atom. The molecule has 0 aliphatic carbocycles. The van der Waals surface area contributed by atoms with Gasteiger partial charge in [-0.2, -0.15) is 0 Å². The molecule has 1 aromatic carbocycles. The van der Waals surface area contributed by atoms with Gasteiger partial charge in [0.25, 0.3) is 0 Å². The summed E-state index contributed by atoms with van der Waals surface area (Å²) in [4.78, 5) is 0. The lowest BCUT2D eigenvalue weighted by Gasteiger charge is -2.14. The molecule has 0 atom stereocenters. The third kappa shape index (κ3) is 7.26. The van der Waals surface area contributed by atoms with E-state index in [1.54, 1.807) is 12.1 Å². The molecule has 0 saturated carbocycles. The van der Waals surface area contributed by atoms with E-state index in [1.807, 2.05) is 0 Å². The van der Waals surface area contributed by atoms with Gasteiger partial charge < -0.3 is 10.1 Å². The van der Waals surface area contributed by atoms with Crippen molar-refractivity contribution in [3.05, 3.63) is 24.3 Å². The highest BCUT2D eigenvalue weighted by molar-refractivity contribution is 5.56.